The van der Waals surface area contributed by atoms with Gasteiger partial charge in [-0.1, -0.05) is 29.5 Å². The van der Waals surface area contributed by atoms with Gasteiger partial charge in [-0.2, -0.15) is 0 Å². The third-order valence-corrected chi connectivity index (χ3v) is 3.08. The number of benzene rings is 1. The Kier molecular flexibility index (Phi) is 2.03. The van der Waals surface area contributed by atoms with Crippen LogP contribution >= 0.6 is 11.3 Å². The van der Waals surface area contributed by atoms with Crippen LogP contribution in [0.4, 0.5) is 5.13 Å². The van der Waals surface area contributed by atoms with Gasteiger partial charge in [-0.15, -0.1) is 10.2 Å². The van der Waals surface area contributed by atoms with Gasteiger partial charge in [-0.05, 0) is 6.07 Å². The Morgan fingerprint density at radius 3 is 3.13 bits per heavy atom. The summed E-state index contributed by atoms with van der Waals surface area (Å²) in [4.78, 5) is 2.07. The van der Waals surface area contributed by atoms with Crippen LogP contribution in [0.3, 0.4) is 0 Å². The van der Waals surface area contributed by atoms with E-state index in [0.29, 0.717) is 6.73 Å². The summed E-state index contributed by atoms with van der Waals surface area (Å²) in [7, 11) is 0. The van der Waals surface area contributed by atoms with E-state index in [2.05, 4.69) is 21.2 Å². The van der Waals surface area contributed by atoms with E-state index in [1.165, 1.54) is 16.9 Å². The first-order chi connectivity index (χ1) is 7.43. The van der Waals surface area contributed by atoms with E-state index in [1.807, 2.05) is 18.2 Å². The van der Waals surface area contributed by atoms with Crippen LogP contribution < -0.4 is 9.64 Å². The van der Waals surface area contributed by atoms with Crippen molar-refractivity contribution in [1.29, 1.82) is 0 Å². The van der Waals surface area contributed by atoms with Crippen molar-refractivity contribution in [3.63, 3.8) is 0 Å². The molecule has 4 nitrogen and oxygen atoms in total. The molecule has 0 spiro atoms. The molecule has 0 unspecified atom stereocenters. The summed E-state index contributed by atoms with van der Waals surface area (Å²) in [6, 6.07) is 8.07. The molecule has 5 heteroatoms. The van der Waals surface area contributed by atoms with Crippen LogP contribution in [0.1, 0.15) is 5.56 Å². The standard InChI is InChI=1S/C10H9N3OS/c1-2-4-9-8(3-1)5-13(7-14-9)10-12-11-6-15-10/h1-4,6H,5,7H2. The molecule has 1 aromatic carbocycles. The van der Waals surface area contributed by atoms with E-state index in [0.717, 1.165) is 17.4 Å². The molecule has 0 N–H and O–H groups in total. The molecule has 76 valence electrons. The first-order valence-electron chi connectivity index (χ1n) is 4.65. The molecule has 0 radical (unpaired) electrons. The number of anilines is 1. The van der Waals surface area contributed by atoms with Crippen LogP contribution in [-0.4, -0.2) is 16.9 Å². The van der Waals surface area contributed by atoms with Gasteiger partial charge in [0.25, 0.3) is 0 Å². The largest absolute Gasteiger partial charge is 0.473 e. The number of hydrogen-bond acceptors (Lipinski definition) is 5. The molecule has 0 fully saturated rings. The van der Waals surface area contributed by atoms with E-state index in [4.69, 9.17) is 4.74 Å². The maximum atomic E-state index is 5.62. The molecule has 1 aliphatic rings. The minimum Gasteiger partial charge on any atom is -0.473 e. The van der Waals surface area contributed by atoms with Crippen molar-refractivity contribution in [2.75, 3.05) is 11.6 Å². The normalized spacial score (nSPS) is 14.5. The second-order valence-corrected chi connectivity index (χ2v) is 4.11. The molecule has 0 bridgehead atoms. The fourth-order valence-corrected chi connectivity index (χ4v) is 2.15. The fraction of sp³-hybridized carbons (Fsp3) is 0.200. The lowest BCUT2D eigenvalue weighted by Crippen LogP contribution is -2.31. The molecule has 0 saturated carbocycles. The highest BCUT2D eigenvalue weighted by atomic mass is 32.1. The van der Waals surface area contributed by atoms with Crippen molar-refractivity contribution in [2.45, 2.75) is 6.54 Å². The van der Waals surface area contributed by atoms with E-state index < -0.39 is 0 Å². The molecule has 2 heterocycles. The van der Waals surface area contributed by atoms with Crippen LogP contribution in [0.25, 0.3) is 0 Å². The summed E-state index contributed by atoms with van der Waals surface area (Å²) in [5.74, 6) is 0.971. The Morgan fingerprint density at radius 2 is 2.27 bits per heavy atom. The number of ether oxygens (including phenoxy) is 1. The molecule has 3 rings (SSSR count). The zero-order valence-corrected chi connectivity index (χ0v) is 8.78. The highest BCUT2D eigenvalue weighted by Gasteiger charge is 2.18. The number of nitrogens with zero attached hydrogens (tertiary/aromatic N) is 3. The highest BCUT2D eigenvalue weighted by Crippen LogP contribution is 2.28. The monoisotopic (exact) mass is 219 g/mol. The quantitative estimate of drug-likeness (QED) is 0.734. The lowest BCUT2D eigenvalue weighted by Gasteiger charge is -2.27. The van der Waals surface area contributed by atoms with Gasteiger partial charge in [0, 0.05) is 5.56 Å². The van der Waals surface area contributed by atoms with Gasteiger partial charge in [0.2, 0.25) is 5.13 Å². The van der Waals surface area contributed by atoms with E-state index >= 15 is 0 Å². The van der Waals surface area contributed by atoms with Crippen molar-refractivity contribution < 1.29 is 4.74 Å². The first-order valence-corrected chi connectivity index (χ1v) is 5.53. The molecule has 0 atom stereocenters. The number of aromatic nitrogens is 2. The maximum absolute atomic E-state index is 5.62. The zero-order valence-electron chi connectivity index (χ0n) is 7.96. The van der Waals surface area contributed by atoms with Crippen molar-refractivity contribution >= 4 is 16.5 Å². The Hall–Kier alpha value is -1.62. The van der Waals surface area contributed by atoms with Crippen LogP contribution in [-0.2, 0) is 6.54 Å². The predicted molar refractivity (Wildman–Crippen MR) is 58.0 cm³/mol. The lowest BCUT2D eigenvalue weighted by molar-refractivity contribution is 0.289. The molecule has 0 saturated heterocycles. The van der Waals surface area contributed by atoms with Crippen molar-refractivity contribution in [2.24, 2.45) is 0 Å². The molecule has 0 amide bonds. The fourth-order valence-electron chi connectivity index (χ4n) is 1.60. The highest BCUT2D eigenvalue weighted by molar-refractivity contribution is 7.13. The van der Waals surface area contributed by atoms with Crippen LogP contribution in [0.15, 0.2) is 29.8 Å². The van der Waals surface area contributed by atoms with Gasteiger partial charge in [0.1, 0.15) is 11.3 Å². The van der Waals surface area contributed by atoms with Gasteiger partial charge >= 0.3 is 0 Å². The average molecular weight is 219 g/mol. The summed E-state index contributed by atoms with van der Waals surface area (Å²) in [6.45, 7) is 1.39. The summed E-state index contributed by atoms with van der Waals surface area (Å²) < 4.78 is 5.62. The number of rotatable bonds is 1. The summed E-state index contributed by atoms with van der Waals surface area (Å²) in [6.07, 6.45) is 0. The molecule has 2 aromatic rings. The molecule has 15 heavy (non-hydrogen) atoms. The van der Waals surface area contributed by atoms with Crippen LogP contribution in [0.5, 0.6) is 5.75 Å². The molecule has 1 aromatic heterocycles. The van der Waals surface area contributed by atoms with Crippen molar-refractivity contribution in [3.05, 3.63) is 35.3 Å². The smallest absolute Gasteiger partial charge is 0.210 e. The van der Waals surface area contributed by atoms with E-state index in [-0.39, 0.29) is 0 Å². The number of hydrogen-bond donors (Lipinski definition) is 0. The predicted octanol–water partition coefficient (Wildman–Crippen LogP) is 1.89. The minimum atomic E-state index is 0.548. The van der Waals surface area contributed by atoms with Crippen LogP contribution in [0, 0.1) is 0 Å². The molecule has 1 aliphatic heterocycles. The number of fused-ring (bicyclic) bond motifs is 1. The SMILES string of the molecule is c1ccc2c(c1)CN(c1nncs1)CO2. The molecule has 0 aliphatic carbocycles. The third-order valence-electron chi connectivity index (χ3n) is 2.33. The minimum absolute atomic E-state index is 0.548. The summed E-state index contributed by atoms with van der Waals surface area (Å²) in [5.41, 5.74) is 2.93. The maximum Gasteiger partial charge on any atom is 0.210 e. The summed E-state index contributed by atoms with van der Waals surface area (Å²) in [5, 5.41) is 8.76. The lowest BCUT2D eigenvalue weighted by atomic mass is 10.2. The third kappa shape index (κ3) is 1.55. The van der Waals surface area contributed by atoms with Crippen LogP contribution in [0.2, 0.25) is 0 Å². The first kappa shape index (κ1) is 8.67. The van der Waals surface area contributed by atoms with Crippen molar-refractivity contribution in [3.8, 4) is 5.75 Å². The molecular weight excluding hydrogens is 210 g/mol. The van der Waals surface area contributed by atoms with E-state index in [9.17, 15) is 0 Å². The Labute approximate surface area is 91.1 Å². The average Bonchev–Trinajstić information content (AvgIpc) is 2.82. The molecular formula is C10H9N3OS. The number of para-hydroxylation sites is 1. The second kappa shape index (κ2) is 3.51. The van der Waals surface area contributed by atoms with E-state index in [1.54, 1.807) is 5.51 Å². The Morgan fingerprint density at radius 1 is 1.33 bits per heavy atom. The van der Waals surface area contributed by atoms with Gasteiger partial charge in [0.15, 0.2) is 6.73 Å². The Bertz CT molecular complexity index is 457. The van der Waals surface area contributed by atoms with Gasteiger partial charge in [-0.25, -0.2) is 0 Å². The second-order valence-electron chi connectivity index (χ2n) is 3.30. The summed E-state index contributed by atoms with van der Waals surface area (Å²) >= 11 is 1.53. The van der Waals surface area contributed by atoms with Gasteiger partial charge < -0.3 is 9.64 Å². The Balaban J connectivity index is 1.89. The van der Waals surface area contributed by atoms with Gasteiger partial charge in [-0.3, -0.25) is 0 Å². The zero-order chi connectivity index (χ0) is 10.1. The topological polar surface area (TPSA) is 38.2 Å². The van der Waals surface area contributed by atoms with Crippen molar-refractivity contribution in [1.82, 2.24) is 10.2 Å². The van der Waals surface area contributed by atoms with Gasteiger partial charge in [0.05, 0.1) is 6.54 Å².